The molecule has 0 N–H and O–H groups in total. The topological polar surface area (TPSA) is 27.1 Å². The average Bonchev–Trinajstić information content (AvgIpc) is 3.14. The van der Waals surface area contributed by atoms with Crippen LogP contribution in [0, 0.1) is 0 Å². The Bertz CT molecular complexity index is 634. The van der Waals surface area contributed by atoms with E-state index in [9.17, 15) is 0 Å². The summed E-state index contributed by atoms with van der Waals surface area (Å²) in [5, 5.41) is -0.0916. The largest absolute Gasteiger partial charge is 0.497 e. The van der Waals surface area contributed by atoms with Crippen LogP contribution in [0.25, 0.3) is 11.0 Å². The number of alkyl halides is 1. The minimum Gasteiger partial charge on any atom is -0.497 e. The Morgan fingerprint density at radius 3 is 2.80 bits per heavy atom. The highest BCUT2D eigenvalue weighted by molar-refractivity contribution is 8.00. The SMILES string of the molecule is COc1ccc2c(c1)nc(C(C)Cl)n2CC1(SC)CC1. The van der Waals surface area contributed by atoms with Gasteiger partial charge in [-0.05, 0) is 38.2 Å². The second kappa shape index (κ2) is 5.15. The Labute approximate surface area is 128 Å². The molecule has 1 aliphatic carbocycles. The van der Waals surface area contributed by atoms with Crippen molar-refractivity contribution >= 4 is 34.4 Å². The van der Waals surface area contributed by atoms with Gasteiger partial charge in [0.2, 0.25) is 0 Å². The van der Waals surface area contributed by atoms with E-state index in [1.165, 1.54) is 12.8 Å². The van der Waals surface area contributed by atoms with Gasteiger partial charge in [-0.3, -0.25) is 0 Å². The molecule has 0 radical (unpaired) electrons. The first-order valence-electron chi connectivity index (χ1n) is 6.82. The van der Waals surface area contributed by atoms with E-state index < -0.39 is 0 Å². The van der Waals surface area contributed by atoms with Crippen molar-refractivity contribution in [2.75, 3.05) is 13.4 Å². The van der Waals surface area contributed by atoms with Gasteiger partial charge in [0.15, 0.2) is 0 Å². The normalized spacial score (nSPS) is 18.2. The second-order valence-corrected chi connectivity index (χ2v) is 7.34. The molecule has 1 aromatic heterocycles. The Kier molecular flexibility index (Phi) is 3.63. The summed E-state index contributed by atoms with van der Waals surface area (Å²) in [6.07, 6.45) is 4.75. The van der Waals surface area contributed by atoms with Crippen molar-refractivity contribution in [3.05, 3.63) is 24.0 Å². The maximum atomic E-state index is 6.32. The number of methoxy groups -OCH3 is 1. The lowest BCUT2D eigenvalue weighted by atomic mass is 10.3. The van der Waals surface area contributed by atoms with Crippen molar-refractivity contribution in [1.29, 1.82) is 0 Å². The Morgan fingerprint density at radius 2 is 2.25 bits per heavy atom. The zero-order valence-electron chi connectivity index (χ0n) is 12.0. The van der Waals surface area contributed by atoms with Gasteiger partial charge in [-0.1, -0.05) is 0 Å². The molecule has 1 heterocycles. The number of thioether (sulfide) groups is 1. The third-order valence-corrected chi connectivity index (χ3v) is 5.63. The van der Waals surface area contributed by atoms with E-state index in [1.807, 2.05) is 30.8 Å². The number of rotatable bonds is 5. The minimum absolute atomic E-state index is 0.0916. The van der Waals surface area contributed by atoms with Crippen molar-refractivity contribution in [3.8, 4) is 5.75 Å². The molecule has 0 saturated heterocycles. The predicted octanol–water partition coefficient (Wildman–Crippen LogP) is 4.24. The number of halogens is 1. The fraction of sp³-hybridized carbons (Fsp3) is 0.533. The molecule has 1 atom stereocenters. The molecular weight excluding hydrogens is 292 g/mol. The van der Waals surface area contributed by atoms with Gasteiger partial charge in [0.1, 0.15) is 11.6 Å². The highest BCUT2D eigenvalue weighted by atomic mass is 35.5. The molecule has 0 aliphatic heterocycles. The quantitative estimate of drug-likeness (QED) is 0.773. The fourth-order valence-electron chi connectivity index (χ4n) is 2.58. The summed E-state index contributed by atoms with van der Waals surface area (Å²) in [4.78, 5) is 4.71. The van der Waals surface area contributed by atoms with Crippen LogP contribution >= 0.6 is 23.4 Å². The number of benzene rings is 1. The van der Waals surface area contributed by atoms with Gasteiger partial charge in [-0.25, -0.2) is 4.98 Å². The molecule has 0 amide bonds. The summed E-state index contributed by atoms with van der Waals surface area (Å²) in [6.45, 7) is 2.97. The summed E-state index contributed by atoms with van der Waals surface area (Å²) in [5.41, 5.74) is 2.11. The number of ether oxygens (including phenoxy) is 1. The molecule has 20 heavy (non-hydrogen) atoms. The first-order chi connectivity index (χ1) is 9.58. The highest BCUT2D eigenvalue weighted by Crippen LogP contribution is 2.49. The Morgan fingerprint density at radius 1 is 1.50 bits per heavy atom. The third-order valence-electron chi connectivity index (χ3n) is 4.03. The molecule has 5 heteroatoms. The van der Waals surface area contributed by atoms with E-state index in [4.69, 9.17) is 21.3 Å². The summed E-state index contributed by atoms with van der Waals surface area (Å²) in [5.74, 6) is 1.79. The lowest BCUT2D eigenvalue weighted by molar-refractivity contribution is 0.415. The van der Waals surface area contributed by atoms with Crippen molar-refractivity contribution in [2.45, 2.75) is 36.4 Å². The van der Waals surface area contributed by atoms with Crippen LogP contribution in [-0.2, 0) is 6.54 Å². The van der Waals surface area contributed by atoms with E-state index in [2.05, 4.69) is 16.9 Å². The van der Waals surface area contributed by atoms with Gasteiger partial charge >= 0.3 is 0 Å². The number of aromatic nitrogens is 2. The summed E-state index contributed by atoms with van der Waals surface area (Å²) < 4.78 is 7.95. The fourth-order valence-corrected chi connectivity index (χ4v) is 3.51. The van der Waals surface area contributed by atoms with Gasteiger partial charge < -0.3 is 9.30 Å². The van der Waals surface area contributed by atoms with Gasteiger partial charge in [0.05, 0.1) is 23.5 Å². The molecule has 0 spiro atoms. The Hall–Kier alpha value is -0.870. The number of hydrogen-bond donors (Lipinski definition) is 0. The molecule has 1 saturated carbocycles. The van der Waals surface area contributed by atoms with E-state index in [0.717, 1.165) is 29.2 Å². The standard InChI is InChI=1S/C15H19ClN2OS/c1-10(16)14-17-12-8-11(19-2)4-5-13(12)18(14)9-15(20-3)6-7-15/h4-5,8,10H,6-7,9H2,1-3H3. The van der Waals surface area contributed by atoms with E-state index in [-0.39, 0.29) is 5.38 Å². The molecular formula is C15H19ClN2OS. The number of hydrogen-bond acceptors (Lipinski definition) is 3. The van der Waals surface area contributed by atoms with E-state index in [1.54, 1.807) is 7.11 Å². The average molecular weight is 311 g/mol. The maximum absolute atomic E-state index is 6.32. The highest BCUT2D eigenvalue weighted by Gasteiger charge is 2.43. The van der Waals surface area contributed by atoms with Crippen molar-refractivity contribution in [1.82, 2.24) is 9.55 Å². The van der Waals surface area contributed by atoms with Crippen LogP contribution in [-0.4, -0.2) is 27.7 Å². The summed E-state index contributed by atoms with van der Waals surface area (Å²) in [6, 6.07) is 6.05. The van der Waals surface area contributed by atoms with Gasteiger partial charge in [0.25, 0.3) is 0 Å². The number of nitrogens with zero attached hydrogens (tertiary/aromatic N) is 2. The van der Waals surface area contributed by atoms with Crippen molar-refractivity contribution in [3.63, 3.8) is 0 Å². The monoisotopic (exact) mass is 310 g/mol. The molecule has 3 rings (SSSR count). The second-order valence-electron chi connectivity index (χ2n) is 5.41. The van der Waals surface area contributed by atoms with Crippen LogP contribution in [0.1, 0.15) is 31.0 Å². The molecule has 1 aliphatic rings. The van der Waals surface area contributed by atoms with Crippen molar-refractivity contribution in [2.24, 2.45) is 0 Å². The molecule has 2 aromatic rings. The van der Waals surface area contributed by atoms with Gasteiger partial charge in [-0.2, -0.15) is 11.8 Å². The van der Waals surface area contributed by atoms with Crippen molar-refractivity contribution < 1.29 is 4.74 Å². The van der Waals surface area contributed by atoms with Gasteiger partial charge in [-0.15, -0.1) is 11.6 Å². The van der Waals surface area contributed by atoms with Crippen LogP contribution < -0.4 is 4.74 Å². The molecule has 3 nitrogen and oxygen atoms in total. The zero-order valence-corrected chi connectivity index (χ0v) is 13.6. The van der Waals surface area contributed by atoms with Gasteiger partial charge in [0, 0.05) is 17.4 Å². The first kappa shape index (κ1) is 14.1. The lowest BCUT2D eigenvalue weighted by Gasteiger charge is -2.17. The zero-order chi connectivity index (χ0) is 14.3. The van der Waals surface area contributed by atoms with Crippen LogP contribution in [0.5, 0.6) is 5.75 Å². The number of fused-ring (bicyclic) bond motifs is 1. The van der Waals surface area contributed by atoms with E-state index >= 15 is 0 Å². The number of imidazole rings is 1. The van der Waals surface area contributed by atoms with Crippen LogP contribution in [0.2, 0.25) is 0 Å². The van der Waals surface area contributed by atoms with Crippen LogP contribution in [0.15, 0.2) is 18.2 Å². The molecule has 1 aromatic carbocycles. The lowest BCUT2D eigenvalue weighted by Crippen LogP contribution is -2.16. The predicted molar refractivity (Wildman–Crippen MR) is 86.0 cm³/mol. The smallest absolute Gasteiger partial charge is 0.127 e. The third kappa shape index (κ3) is 2.40. The molecule has 108 valence electrons. The molecule has 1 fully saturated rings. The minimum atomic E-state index is -0.0916. The van der Waals surface area contributed by atoms with Crippen LogP contribution in [0.4, 0.5) is 0 Å². The Balaban J connectivity index is 2.09. The maximum Gasteiger partial charge on any atom is 0.127 e. The molecule has 0 bridgehead atoms. The van der Waals surface area contributed by atoms with E-state index in [0.29, 0.717) is 4.75 Å². The summed E-state index contributed by atoms with van der Waals surface area (Å²) in [7, 11) is 1.68. The molecule has 1 unspecified atom stereocenters. The van der Waals surface area contributed by atoms with Crippen LogP contribution in [0.3, 0.4) is 0 Å². The summed E-state index contributed by atoms with van der Waals surface area (Å²) >= 11 is 8.28. The first-order valence-corrected chi connectivity index (χ1v) is 8.48.